The van der Waals surface area contributed by atoms with Crippen molar-refractivity contribution in [2.75, 3.05) is 14.2 Å². The summed E-state index contributed by atoms with van der Waals surface area (Å²) >= 11 is 3.44. The lowest BCUT2D eigenvalue weighted by atomic mass is 9.97. The van der Waals surface area contributed by atoms with Gasteiger partial charge in [-0.1, -0.05) is 28.1 Å². The molecule has 21 heavy (non-hydrogen) atoms. The van der Waals surface area contributed by atoms with E-state index in [9.17, 15) is 5.11 Å². The molecule has 0 heterocycles. The van der Waals surface area contributed by atoms with Crippen molar-refractivity contribution in [3.05, 3.63) is 57.6 Å². The summed E-state index contributed by atoms with van der Waals surface area (Å²) in [5.74, 6) is 1.36. The zero-order chi connectivity index (χ0) is 15.4. The monoisotopic (exact) mass is 350 g/mol. The Kier molecular flexibility index (Phi) is 5.26. The first-order valence-electron chi connectivity index (χ1n) is 6.70. The van der Waals surface area contributed by atoms with Crippen molar-refractivity contribution in [2.24, 2.45) is 0 Å². The molecular formula is C17H19BrO3. The number of methoxy groups -OCH3 is 2. The number of hydrogen-bond acceptors (Lipinski definition) is 3. The fourth-order valence-corrected chi connectivity index (χ4v) is 2.69. The zero-order valence-corrected chi connectivity index (χ0v) is 14.0. The molecule has 2 aromatic carbocycles. The van der Waals surface area contributed by atoms with E-state index >= 15 is 0 Å². The number of benzene rings is 2. The molecule has 0 aliphatic rings. The van der Waals surface area contributed by atoms with Gasteiger partial charge in [0.05, 0.1) is 20.3 Å². The molecule has 0 fully saturated rings. The molecule has 4 heteroatoms. The van der Waals surface area contributed by atoms with E-state index in [1.807, 2.05) is 43.3 Å². The molecule has 0 aromatic heterocycles. The van der Waals surface area contributed by atoms with E-state index in [4.69, 9.17) is 9.47 Å². The molecule has 0 saturated carbocycles. The van der Waals surface area contributed by atoms with Crippen LogP contribution in [0.2, 0.25) is 0 Å². The lowest BCUT2D eigenvalue weighted by molar-refractivity contribution is 0.177. The quantitative estimate of drug-likeness (QED) is 0.883. The van der Waals surface area contributed by atoms with Crippen LogP contribution in [0.1, 0.15) is 22.8 Å². The third-order valence-corrected chi connectivity index (χ3v) is 3.97. The average Bonchev–Trinajstić information content (AvgIpc) is 2.49. The van der Waals surface area contributed by atoms with E-state index in [2.05, 4.69) is 15.9 Å². The van der Waals surface area contributed by atoms with Gasteiger partial charge < -0.3 is 14.6 Å². The number of halogens is 1. The third kappa shape index (κ3) is 3.77. The molecule has 0 amide bonds. The van der Waals surface area contributed by atoms with Gasteiger partial charge >= 0.3 is 0 Å². The SMILES string of the molecule is COc1ccc(CC(O)c2cc(Br)ccc2C)cc1OC. The molecule has 1 unspecified atom stereocenters. The molecular weight excluding hydrogens is 332 g/mol. The van der Waals surface area contributed by atoms with Crippen molar-refractivity contribution in [3.8, 4) is 11.5 Å². The van der Waals surface area contributed by atoms with E-state index in [1.165, 1.54) is 0 Å². The highest BCUT2D eigenvalue weighted by atomic mass is 79.9. The van der Waals surface area contributed by atoms with E-state index in [1.54, 1.807) is 14.2 Å². The number of ether oxygens (including phenoxy) is 2. The van der Waals surface area contributed by atoms with Gasteiger partial charge in [0.1, 0.15) is 0 Å². The van der Waals surface area contributed by atoms with Crippen LogP contribution in [0.4, 0.5) is 0 Å². The number of aliphatic hydroxyl groups excluding tert-OH is 1. The maximum Gasteiger partial charge on any atom is 0.160 e. The summed E-state index contributed by atoms with van der Waals surface area (Å²) in [4.78, 5) is 0. The highest BCUT2D eigenvalue weighted by Gasteiger charge is 2.13. The summed E-state index contributed by atoms with van der Waals surface area (Å²) in [7, 11) is 3.22. The molecule has 0 bridgehead atoms. The van der Waals surface area contributed by atoms with Crippen LogP contribution in [-0.2, 0) is 6.42 Å². The van der Waals surface area contributed by atoms with E-state index in [0.29, 0.717) is 17.9 Å². The van der Waals surface area contributed by atoms with Crippen molar-refractivity contribution < 1.29 is 14.6 Å². The van der Waals surface area contributed by atoms with E-state index in [0.717, 1.165) is 21.2 Å². The van der Waals surface area contributed by atoms with Gasteiger partial charge in [-0.25, -0.2) is 0 Å². The van der Waals surface area contributed by atoms with Crippen LogP contribution >= 0.6 is 15.9 Å². The minimum Gasteiger partial charge on any atom is -0.493 e. The molecule has 0 saturated heterocycles. The summed E-state index contributed by atoms with van der Waals surface area (Å²) in [5.41, 5.74) is 3.00. The van der Waals surface area contributed by atoms with Crippen molar-refractivity contribution in [3.63, 3.8) is 0 Å². The van der Waals surface area contributed by atoms with Crippen molar-refractivity contribution in [2.45, 2.75) is 19.4 Å². The van der Waals surface area contributed by atoms with Gasteiger partial charge in [0.25, 0.3) is 0 Å². The Balaban J connectivity index is 2.23. The topological polar surface area (TPSA) is 38.7 Å². The summed E-state index contributed by atoms with van der Waals surface area (Å²) in [6.07, 6.45) is -0.0296. The Labute approximate surface area is 133 Å². The summed E-state index contributed by atoms with van der Waals surface area (Å²) < 4.78 is 11.5. The van der Waals surface area contributed by atoms with Crippen molar-refractivity contribution >= 4 is 15.9 Å². The lowest BCUT2D eigenvalue weighted by Gasteiger charge is -2.15. The summed E-state index contributed by atoms with van der Waals surface area (Å²) in [6, 6.07) is 11.6. The summed E-state index contributed by atoms with van der Waals surface area (Å²) in [6.45, 7) is 2.00. The molecule has 112 valence electrons. The van der Waals surface area contributed by atoms with Gasteiger partial charge in [-0.15, -0.1) is 0 Å². The second-order valence-electron chi connectivity index (χ2n) is 4.91. The molecule has 0 radical (unpaired) electrons. The molecule has 1 atom stereocenters. The summed E-state index contributed by atoms with van der Waals surface area (Å²) in [5, 5.41) is 10.5. The number of hydrogen-bond donors (Lipinski definition) is 1. The van der Waals surface area contributed by atoms with Crippen molar-refractivity contribution in [1.82, 2.24) is 0 Å². The Morgan fingerprint density at radius 3 is 2.43 bits per heavy atom. The minimum atomic E-state index is -0.555. The van der Waals surface area contributed by atoms with E-state index < -0.39 is 6.10 Å². The zero-order valence-electron chi connectivity index (χ0n) is 12.4. The second kappa shape index (κ2) is 6.96. The third-order valence-electron chi connectivity index (χ3n) is 3.48. The van der Waals surface area contributed by atoms with Gasteiger partial charge in [-0.3, -0.25) is 0 Å². The van der Waals surface area contributed by atoms with Crippen LogP contribution in [0, 0.1) is 6.92 Å². The molecule has 0 aliphatic heterocycles. The lowest BCUT2D eigenvalue weighted by Crippen LogP contribution is -2.04. The van der Waals surface area contributed by atoms with Crippen molar-refractivity contribution in [1.29, 1.82) is 0 Å². The minimum absolute atomic E-state index is 0.525. The fraction of sp³-hybridized carbons (Fsp3) is 0.294. The van der Waals surface area contributed by atoms with Gasteiger partial charge in [0.2, 0.25) is 0 Å². The van der Waals surface area contributed by atoms with Crippen LogP contribution in [-0.4, -0.2) is 19.3 Å². The molecule has 0 aliphatic carbocycles. The molecule has 0 spiro atoms. The van der Waals surface area contributed by atoms with E-state index in [-0.39, 0.29) is 0 Å². The maximum absolute atomic E-state index is 10.5. The Morgan fingerprint density at radius 1 is 1.05 bits per heavy atom. The number of rotatable bonds is 5. The molecule has 1 N–H and O–H groups in total. The predicted molar refractivity (Wildman–Crippen MR) is 87.1 cm³/mol. The molecule has 2 rings (SSSR count). The first-order chi connectivity index (χ1) is 10.0. The first kappa shape index (κ1) is 15.9. The van der Waals surface area contributed by atoms with Crippen LogP contribution in [0.25, 0.3) is 0 Å². The second-order valence-corrected chi connectivity index (χ2v) is 5.83. The Bertz CT molecular complexity index is 625. The predicted octanol–water partition coefficient (Wildman–Crippen LogP) is 4.05. The highest BCUT2D eigenvalue weighted by molar-refractivity contribution is 9.10. The standard InChI is InChI=1S/C17H19BrO3/c1-11-4-6-13(18)10-14(11)15(19)8-12-5-7-16(20-2)17(9-12)21-3/h4-7,9-10,15,19H,8H2,1-3H3. The largest absolute Gasteiger partial charge is 0.493 e. The van der Waals surface area contributed by atoms with Crippen LogP contribution < -0.4 is 9.47 Å². The van der Waals surface area contributed by atoms with Gasteiger partial charge in [-0.2, -0.15) is 0 Å². The average molecular weight is 351 g/mol. The van der Waals surface area contributed by atoms with Crippen LogP contribution in [0.5, 0.6) is 11.5 Å². The molecule has 2 aromatic rings. The smallest absolute Gasteiger partial charge is 0.160 e. The normalized spacial score (nSPS) is 12.0. The van der Waals surface area contributed by atoms with Gasteiger partial charge in [-0.05, 0) is 47.9 Å². The first-order valence-corrected chi connectivity index (χ1v) is 7.49. The fourth-order valence-electron chi connectivity index (χ4n) is 2.31. The number of aliphatic hydroxyl groups is 1. The van der Waals surface area contributed by atoms with Crippen LogP contribution in [0.15, 0.2) is 40.9 Å². The Morgan fingerprint density at radius 2 is 1.76 bits per heavy atom. The number of aryl methyl sites for hydroxylation is 1. The maximum atomic E-state index is 10.5. The van der Waals surface area contributed by atoms with Crippen LogP contribution in [0.3, 0.4) is 0 Å². The highest BCUT2D eigenvalue weighted by Crippen LogP contribution is 2.30. The molecule has 3 nitrogen and oxygen atoms in total. The van der Waals surface area contributed by atoms with Gasteiger partial charge in [0.15, 0.2) is 11.5 Å². The van der Waals surface area contributed by atoms with Gasteiger partial charge in [0, 0.05) is 10.9 Å². The Hall–Kier alpha value is -1.52.